The van der Waals surface area contributed by atoms with Gasteiger partial charge in [0.2, 0.25) is 0 Å². The topological polar surface area (TPSA) is 29.9 Å². The molecule has 0 saturated carbocycles. The van der Waals surface area contributed by atoms with E-state index >= 15 is 0 Å². The highest BCUT2D eigenvalue weighted by Crippen LogP contribution is 2.44. The van der Waals surface area contributed by atoms with E-state index < -0.39 is 0 Å². The Labute approximate surface area is 138 Å². The number of hydrogen-bond acceptors (Lipinski definition) is 3. The van der Waals surface area contributed by atoms with Crippen molar-refractivity contribution in [2.75, 3.05) is 7.05 Å². The minimum absolute atomic E-state index is 0.304. The van der Waals surface area contributed by atoms with Gasteiger partial charge in [0.05, 0.1) is 22.4 Å². The Hall–Kier alpha value is -0.650. The van der Waals surface area contributed by atoms with Crippen molar-refractivity contribution in [2.24, 2.45) is 0 Å². The molecule has 21 heavy (non-hydrogen) atoms. The van der Waals surface area contributed by atoms with Crippen molar-refractivity contribution in [1.82, 2.24) is 15.1 Å². The quantitative estimate of drug-likeness (QED) is 0.850. The van der Waals surface area contributed by atoms with Gasteiger partial charge in [0.1, 0.15) is 0 Å². The highest BCUT2D eigenvalue weighted by atomic mass is 79.9. The molecular formula is C16H22BrN3S. The fraction of sp³-hybridized carbons (Fsp3) is 0.562. The summed E-state index contributed by atoms with van der Waals surface area (Å²) in [4.78, 5) is 1.57. The number of nitrogens with zero attached hydrogens (tertiary/aromatic N) is 2. The molecule has 2 aromatic rings. The summed E-state index contributed by atoms with van der Waals surface area (Å²) >= 11 is 5.61. The fourth-order valence-corrected chi connectivity index (χ4v) is 4.97. The van der Waals surface area contributed by atoms with Crippen LogP contribution in [-0.4, -0.2) is 16.8 Å². The number of likely N-dealkylation sites (N-methyl/N-ethyl adjacent to an activating group) is 1. The number of fused-ring (bicyclic) bond motifs is 1. The number of nitrogens with one attached hydrogen (secondary N) is 1. The fourth-order valence-electron chi connectivity index (χ4n) is 3.45. The third-order valence-corrected chi connectivity index (χ3v) is 5.99. The first kappa shape index (κ1) is 15.3. The highest BCUT2D eigenvalue weighted by Gasteiger charge is 2.32. The van der Waals surface area contributed by atoms with Crippen LogP contribution in [0.2, 0.25) is 0 Å². The summed E-state index contributed by atoms with van der Waals surface area (Å²) in [6.45, 7) is 4.37. The summed E-state index contributed by atoms with van der Waals surface area (Å²) in [7, 11) is 2.06. The molecule has 1 N–H and O–H groups in total. The summed E-state index contributed by atoms with van der Waals surface area (Å²) in [5.74, 6) is 0.537. The molecule has 0 amide bonds. The van der Waals surface area contributed by atoms with Gasteiger partial charge in [-0.05, 0) is 73.1 Å². The second-order valence-corrected chi connectivity index (χ2v) is 7.84. The first-order valence-corrected chi connectivity index (χ1v) is 9.27. The van der Waals surface area contributed by atoms with Gasteiger partial charge in [0.15, 0.2) is 0 Å². The molecule has 3 nitrogen and oxygen atoms in total. The second-order valence-electron chi connectivity index (χ2n) is 5.98. The molecule has 1 aliphatic carbocycles. The lowest BCUT2D eigenvalue weighted by Gasteiger charge is -2.32. The summed E-state index contributed by atoms with van der Waals surface area (Å²) in [5, 5.41) is 10.4. The third-order valence-electron chi connectivity index (χ3n) is 4.38. The van der Waals surface area contributed by atoms with Gasteiger partial charge in [0.25, 0.3) is 0 Å². The summed E-state index contributed by atoms with van der Waals surface area (Å²) < 4.78 is 3.25. The minimum Gasteiger partial charge on any atom is -0.311 e. The average Bonchev–Trinajstić information content (AvgIpc) is 3.07. The molecule has 1 aliphatic rings. The SMILES string of the molecule is CNC(c1c(Br)cnn1C(C)C)C1CCCc2sccc21. The number of hydrogen-bond donors (Lipinski definition) is 1. The summed E-state index contributed by atoms with van der Waals surface area (Å²) in [6.07, 6.45) is 5.69. The van der Waals surface area contributed by atoms with Crippen LogP contribution in [0.1, 0.15) is 60.8 Å². The maximum absolute atomic E-state index is 4.55. The smallest absolute Gasteiger partial charge is 0.0704 e. The minimum atomic E-state index is 0.304. The number of halogens is 1. The van der Waals surface area contributed by atoms with Crippen LogP contribution in [0.15, 0.2) is 22.1 Å². The second kappa shape index (κ2) is 6.23. The van der Waals surface area contributed by atoms with E-state index in [1.54, 1.807) is 4.88 Å². The van der Waals surface area contributed by atoms with E-state index in [1.165, 1.54) is 30.5 Å². The van der Waals surface area contributed by atoms with E-state index in [0.717, 1.165) is 4.47 Å². The molecule has 2 unspecified atom stereocenters. The molecule has 0 aliphatic heterocycles. The van der Waals surface area contributed by atoms with Crippen LogP contribution in [0.5, 0.6) is 0 Å². The zero-order chi connectivity index (χ0) is 15.0. The van der Waals surface area contributed by atoms with Crippen LogP contribution in [0, 0.1) is 0 Å². The van der Waals surface area contributed by atoms with Crippen molar-refractivity contribution < 1.29 is 0 Å². The molecule has 2 atom stereocenters. The molecule has 0 spiro atoms. The Morgan fingerprint density at radius 3 is 3.00 bits per heavy atom. The van der Waals surface area contributed by atoms with Gasteiger partial charge in [-0.2, -0.15) is 5.10 Å². The van der Waals surface area contributed by atoms with Crippen molar-refractivity contribution in [1.29, 1.82) is 0 Å². The molecule has 0 aromatic carbocycles. The highest BCUT2D eigenvalue weighted by molar-refractivity contribution is 9.10. The maximum atomic E-state index is 4.55. The van der Waals surface area contributed by atoms with Crippen LogP contribution >= 0.6 is 27.3 Å². The number of rotatable bonds is 4. The standard InChI is InChI=1S/C16H22BrN3S/c1-10(2)20-16(13(17)9-19-20)15(18-3)12-5-4-6-14-11(12)7-8-21-14/h7-10,12,15,18H,4-6H2,1-3H3. The summed E-state index contributed by atoms with van der Waals surface area (Å²) in [5.41, 5.74) is 2.81. The van der Waals surface area contributed by atoms with Gasteiger partial charge < -0.3 is 5.32 Å². The van der Waals surface area contributed by atoms with Gasteiger partial charge in [-0.15, -0.1) is 11.3 Å². The molecular weight excluding hydrogens is 346 g/mol. The largest absolute Gasteiger partial charge is 0.311 e. The van der Waals surface area contributed by atoms with Gasteiger partial charge in [-0.25, -0.2) is 0 Å². The average molecular weight is 368 g/mol. The lowest BCUT2D eigenvalue weighted by atomic mass is 9.81. The zero-order valence-corrected chi connectivity index (χ0v) is 15.2. The third kappa shape index (κ3) is 2.71. The Morgan fingerprint density at radius 1 is 1.48 bits per heavy atom. The van der Waals surface area contributed by atoms with E-state index in [0.29, 0.717) is 18.0 Å². The van der Waals surface area contributed by atoms with Crippen LogP contribution < -0.4 is 5.32 Å². The van der Waals surface area contributed by atoms with Gasteiger partial charge in [0, 0.05) is 16.8 Å². The van der Waals surface area contributed by atoms with Crippen molar-refractivity contribution in [3.8, 4) is 0 Å². The molecule has 0 bridgehead atoms. The van der Waals surface area contributed by atoms with Crippen LogP contribution in [-0.2, 0) is 6.42 Å². The first-order valence-electron chi connectivity index (χ1n) is 7.60. The van der Waals surface area contributed by atoms with E-state index in [2.05, 4.69) is 63.4 Å². The van der Waals surface area contributed by atoms with Gasteiger partial charge >= 0.3 is 0 Å². The molecule has 0 saturated heterocycles. The lowest BCUT2D eigenvalue weighted by molar-refractivity contribution is 0.385. The van der Waals surface area contributed by atoms with Gasteiger partial charge in [-0.3, -0.25) is 4.68 Å². The summed E-state index contributed by atoms with van der Waals surface area (Å²) in [6, 6.07) is 2.99. The molecule has 2 heterocycles. The molecule has 5 heteroatoms. The molecule has 0 radical (unpaired) electrons. The zero-order valence-electron chi connectivity index (χ0n) is 12.8. The normalized spacial score (nSPS) is 19.8. The van der Waals surface area contributed by atoms with Gasteiger partial charge in [-0.1, -0.05) is 0 Å². The molecule has 0 fully saturated rings. The predicted octanol–water partition coefficient (Wildman–Crippen LogP) is 4.67. The van der Waals surface area contributed by atoms with Crippen molar-refractivity contribution in [3.05, 3.63) is 38.3 Å². The van der Waals surface area contributed by atoms with E-state index in [-0.39, 0.29) is 0 Å². The lowest BCUT2D eigenvalue weighted by Crippen LogP contribution is -2.29. The number of aromatic nitrogens is 2. The Kier molecular flexibility index (Phi) is 4.52. The van der Waals surface area contributed by atoms with E-state index in [9.17, 15) is 0 Å². The molecule has 3 rings (SSSR count). The maximum Gasteiger partial charge on any atom is 0.0704 e. The van der Waals surface area contributed by atoms with Crippen LogP contribution in [0.3, 0.4) is 0 Å². The van der Waals surface area contributed by atoms with Crippen molar-refractivity contribution in [3.63, 3.8) is 0 Å². The Bertz CT molecular complexity index is 617. The van der Waals surface area contributed by atoms with Crippen molar-refractivity contribution in [2.45, 2.75) is 51.1 Å². The van der Waals surface area contributed by atoms with Crippen molar-refractivity contribution >= 4 is 27.3 Å². The van der Waals surface area contributed by atoms with E-state index in [4.69, 9.17) is 0 Å². The molecule has 114 valence electrons. The number of thiophene rings is 1. The first-order chi connectivity index (χ1) is 10.1. The predicted molar refractivity (Wildman–Crippen MR) is 92.1 cm³/mol. The monoisotopic (exact) mass is 367 g/mol. The van der Waals surface area contributed by atoms with Crippen LogP contribution in [0.4, 0.5) is 0 Å². The van der Waals surface area contributed by atoms with E-state index in [1.807, 2.05) is 17.5 Å². The number of aryl methyl sites for hydroxylation is 1. The Morgan fingerprint density at radius 2 is 2.29 bits per heavy atom. The van der Waals surface area contributed by atoms with Crippen LogP contribution in [0.25, 0.3) is 0 Å². The Balaban J connectivity index is 2.03. The molecule has 2 aromatic heterocycles.